The Morgan fingerprint density at radius 1 is 1.31 bits per heavy atom. The summed E-state index contributed by atoms with van der Waals surface area (Å²) >= 11 is 0. The molecule has 0 aromatic carbocycles. The lowest BCUT2D eigenvalue weighted by Crippen LogP contribution is -2.17. The molecule has 1 N–H and O–H groups in total. The van der Waals surface area contributed by atoms with Crippen molar-refractivity contribution in [2.24, 2.45) is 0 Å². The number of hydrogen-bond donors (Lipinski definition) is 1. The van der Waals surface area contributed by atoms with E-state index in [2.05, 4.69) is 25.7 Å². The third-order valence-corrected chi connectivity index (χ3v) is 3.17. The molecule has 1 aromatic heterocycles. The minimum Gasteiger partial charge on any atom is -0.466 e. The van der Waals surface area contributed by atoms with Crippen LogP contribution in [0.3, 0.4) is 0 Å². The van der Waals surface area contributed by atoms with Gasteiger partial charge < -0.3 is 9.73 Å². The SMILES string of the molecule is C=C(C)CCC(NC)c1c(C)oc(C)c1C. The lowest BCUT2D eigenvalue weighted by molar-refractivity contribution is 0.483. The van der Waals surface area contributed by atoms with Gasteiger partial charge >= 0.3 is 0 Å². The fourth-order valence-electron chi connectivity index (χ4n) is 2.15. The predicted octanol–water partition coefficient (Wildman–Crippen LogP) is 3.82. The van der Waals surface area contributed by atoms with Gasteiger partial charge in [0.25, 0.3) is 0 Å². The molecule has 0 amide bonds. The molecule has 1 atom stereocenters. The molecule has 1 aromatic rings. The van der Waals surface area contributed by atoms with Gasteiger partial charge in [-0.2, -0.15) is 0 Å². The van der Waals surface area contributed by atoms with Crippen LogP contribution in [0.4, 0.5) is 0 Å². The van der Waals surface area contributed by atoms with Crippen molar-refractivity contribution in [1.29, 1.82) is 0 Å². The summed E-state index contributed by atoms with van der Waals surface area (Å²) in [7, 11) is 2.00. The highest BCUT2D eigenvalue weighted by Crippen LogP contribution is 2.30. The maximum absolute atomic E-state index is 5.67. The first-order valence-electron chi connectivity index (χ1n) is 5.85. The molecule has 0 saturated carbocycles. The van der Waals surface area contributed by atoms with Gasteiger partial charge in [0.1, 0.15) is 11.5 Å². The maximum atomic E-state index is 5.67. The molecule has 0 aliphatic rings. The summed E-state index contributed by atoms with van der Waals surface area (Å²) in [6.45, 7) is 12.2. The van der Waals surface area contributed by atoms with Gasteiger partial charge in [0.2, 0.25) is 0 Å². The van der Waals surface area contributed by atoms with Crippen molar-refractivity contribution in [2.45, 2.75) is 46.6 Å². The molecule has 2 nitrogen and oxygen atoms in total. The van der Waals surface area contributed by atoms with Crippen LogP contribution in [0.5, 0.6) is 0 Å². The normalized spacial score (nSPS) is 12.8. The summed E-state index contributed by atoms with van der Waals surface area (Å²) in [5.74, 6) is 2.07. The second-order valence-corrected chi connectivity index (χ2v) is 4.59. The van der Waals surface area contributed by atoms with Crippen LogP contribution in [0.2, 0.25) is 0 Å². The minimum atomic E-state index is 0.370. The minimum absolute atomic E-state index is 0.370. The van der Waals surface area contributed by atoms with Crippen molar-refractivity contribution in [2.75, 3.05) is 7.05 Å². The molecule has 0 spiro atoms. The van der Waals surface area contributed by atoms with Crippen LogP contribution >= 0.6 is 0 Å². The topological polar surface area (TPSA) is 25.2 Å². The number of allylic oxidation sites excluding steroid dienone is 1. The van der Waals surface area contributed by atoms with Gasteiger partial charge in [0.05, 0.1) is 0 Å². The molecule has 0 aliphatic carbocycles. The standard InChI is InChI=1S/C14H23NO/c1-9(2)7-8-13(15-6)14-10(3)11(4)16-12(14)5/h13,15H,1,7-8H2,2-6H3. The molecule has 1 heterocycles. The van der Waals surface area contributed by atoms with Gasteiger partial charge in [-0.3, -0.25) is 0 Å². The lowest BCUT2D eigenvalue weighted by atomic mass is 9.97. The predicted molar refractivity (Wildman–Crippen MR) is 68.8 cm³/mol. The summed E-state index contributed by atoms with van der Waals surface area (Å²) < 4.78 is 5.67. The number of nitrogens with one attached hydrogen (secondary N) is 1. The first kappa shape index (κ1) is 13.0. The highest BCUT2D eigenvalue weighted by Gasteiger charge is 2.19. The van der Waals surface area contributed by atoms with Crippen molar-refractivity contribution in [3.8, 4) is 0 Å². The van der Waals surface area contributed by atoms with E-state index >= 15 is 0 Å². The molecule has 16 heavy (non-hydrogen) atoms. The average molecular weight is 221 g/mol. The quantitative estimate of drug-likeness (QED) is 0.765. The number of rotatable bonds is 5. The molecular weight excluding hydrogens is 198 g/mol. The lowest BCUT2D eigenvalue weighted by Gasteiger charge is -2.16. The number of aryl methyl sites for hydroxylation is 2. The van der Waals surface area contributed by atoms with Gasteiger partial charge in [-0.05, 0) is 53.1 Å². The van der Waals surface area contributed by atoms with Gasteiger partial charge in [-0.1, -0.05) is 5.57 Å². The van der Waals surface area contributed by atoms with E-state index in [1.165, 1.54) is 16.7 Å². The fraction of sp³-hybridized carbons (Fsp3) is 0.571. The zero-order chi connectivity index (χ0) is 12.3. The smallest absolute Gasteiger partial charge is 0.106 e. The summed E-state index contributed by atoms with van der Waals surface area (Å²) in [6.07, 6.45) is 2.13. The van der Waals surface area contributed by atoms with Crippen LogP contribution in [0.25, 0.3) is 0 Å². The second kappa shape index (κ2) is 5.35. The molecule has 0 aliphatic heterocycles. The van der Waals surface area contributed by atoms with Crippen LogP contribution in [0.1, 0.15) is 48.5 Å². The fourth-order valence-corrected chi connectivity index (χ4v) is 2.15. The first-order valence-corrected chi connectivity index (χ1v) is 5.85. The summed E-state index contributed by atoms with van der Waals surface area (Å²) in [5, 5.41) is 3.37. The van der Waals surface area contributed by atoms with Gasteiger partial charge in [0.15, 0.2) is 0 Å². The van der Waals surface area contributed by atoms with Crippen molar-refractivity contribution < 1.29 is 4.42 Å². The zero-order valence-corrected chi connectivity index (χ0v) is 11.1. The van der Waals surface area contributed by atoms with E-state index in [1.807, 2.05) is 20.9 Å². The Bertz CT molecular complexity index is 376. The Kier molecular flexibility index (Phi) is 4.36. The molecule has 0 fully saturated rings. The third kappa shape index (κ3) is 2.76. The summed E-state index contributed by atoms with van der Waals surface area (Å²) in [5.41, 5.74) is 3.83. The Balaban J connectivity index is 2.90. The Hall–Kier alpha value is -1.02. The van der Waals surface area contributed by atoms with Crippen molar-refractivity contribution >= 4 is 0 Å². The van der Waals surface area contributed by atoms with Crippen molar-refractivity contribution in [3.05, 3.63) is 34.8 Å². The monoisotopic (exact) mass is 221 g/mol. The molecular formula is C14H23NO. The van der Waals surface area contributed by atoms with Gasteiger partial charge in [-0.15, -0.1) is 6.58 Å². The Morgan fingerprint density at radius 2 is 1.94 bits per heavy atom. The molecule has 90 valence electrons. The maximum Gasteiger partial charge on any atom is 0.106 e. The zero-order valence-electron chi connectivity index (χ0n) is 11.1. The van der Waals surface area contributed by atoms with E-state index in [0.29, 0.717) is 6.04 Å². The summed E-state index contributed by atoms with van der Waals surface area (Å²) in [6, 6.07) is 0.370. The molecule has 1 rings (SSSR count). The highest BCUT2D eigenvalue weighted by atomic mass is 16.3. The van der Waals surface area contributed by atoms with Crippen LogP contribution in [0, 0.1) is 20.8 Å². The molecule has 0 saturated heterocycles. The van der Waals surface area contributed by atoms with E-state index in [4.69, 9.17) is 4.42 Å². The largest absolute Gasteiger partial charge is 0.466 e. The second-order valence-electron chi connectivity index (χ2n) is 4.59. The van der Waals surface area contributed by atoms with E-state index in [1.54, 1.807) is 0 Å². The van der Waals surface area contributed by atoms with E-state index < -0.39 is 0 Å². The van der Waals surface area contributed by atoms with Crippen molar-refractivity contribution in [1.82, 2.24) is 5.32 Å². The van der Waals surface area contributed by atoms with Gasteiger partial charge in [0, 0.05) is 11.6 Å². The summed E-state index contributed by atoms with van der Waals surface area (Å²) in [4.78, 5) is 0. The average Bonchev–Trinajstić information content (AvgIpc) is 2.45. The van der Waals surface area contributed by atoms with Crippen LogP contribution in [-0.2, 0) is 0 Å². The first-order chi connectivity index (χ1) is 7.47. The van der Waals surface area contributed by atoms with Crippen LogP contribution < -0.4 is 5.32 Å². The van der Waals surface area contributed by atoms with Crippen molar-refractivity contribution in [3.63, 3.8) is 0 Å². The molecule has 0 radical (unpaired) electrons. The number of furan rings is 1. The third-order valence-electron chi connectivity index (χ3n) is 3.17. The van der Waals surface area contributed by atoms with E-state index in [-0.39, 0.29) is 0 Å². The van der Waals surface area contributed by atoms with Crippen LogP contribution in [0.15, 0.2) is 16.6 Å². The van der Waals surface area contributed by atoms with Gasteiger partial charge in [-0.25, -0.2) is 0 Å². The van der Waals surface area contributed by atoms with E-state index in [0.717, 1.165) is 24.4 Å². The van der Waals surface area contributed by atoms with E-state index in [9.17, 15) is 0 Å². The molecule has 2 heteroatoms. The molecule has 1 unspecified atom stereocenters. The molecule has 0 bridgehead atoms. The highest BCUT2D eigenvalue weighted by molar-refractivity contribution is 5.34. The Labute approximate surface area is 98.7 Å². The van der Waals surface area contributed by atoms with Crippen LogP contribution in [-0.4, -0.2) is 7.05 Å². The number of hydrogen-bond acceptors (Lipinski definition) is 2. The Morgan fingerprint density at radius 3 is 2.31 bits per heavy atom.